The fraction of sp³-hybridized carbons (Fsp3) is 0.392. The van der Waals surface area contributed by atoms with Crippen LogP contribution in [0.3, 0.4) is 0 Å². The zero-order chi connectivity index (χ0) is 59.2. The largest absolute Gasteiger partial charge is 0.334 e. The van der Waals surface area contributed by atoms with Crippen molar-refractivity contribution in [3.8, 4) is 0 Å². The molecule has 4 nitrogen and oxygen atoms in total. The summed E-state index contributed by atoms with van der Waals surface area (Å²) in [5.74, 6) is 0. The van der Waals surface area contributed by atoms with E-state index in [0.29, 0.717) is 0 Å². The summed E-state index contributed by atoms with van der Waals surface area (Å²) in [6.45, 7) is 40.9. The van der Waals surface area contributed by atoms with Crippen LogP contribution in [-0.4, -0.2) is 12.3 Å². The first kappa shape index (κ1) is 54.9. The molecule has 8 aromatic rings. The van der Waals surface area contributed by atoms with Crippen molar-refractivity contribution in [1.29, 1.82) is 0 Å². The lowest BCUT2D eigenvalue weighted by Crippen LogP contribution is -2.62. The molecule has 5 heteroatoms. The molecule has 0 spiro atoms. The van der Waals surface area contributed by atoms with Crippen LogP contribution in [0.15, 0.2) is 158 Å². The minimum atomic E-state index is -0.411. The molecule has 4 atom stereocenters. The Morgan fingerprint density at radius 2 is 0.929 bits per heavy atom. The highest BCUT2D eigenvalue weighted by Gasteiger charge is 2.61. The van der Waals surface area contributed by atoms with E-state index in [1.807, 2.05) is 0 Å². The molecule has 4 aliphatic heterocycles. The van der Waals surface area contributed by atoms with Crippen molar-refractivity contribution in [2.24, 2.45) is 0 Å². The fourth-order valence-electron chi connectivity index (χ4n) is 16.9. The number of nitrogens with zero attached hydrogens (tertiary/aromatic N) is 4. The molecular formula is C79H89BN4. The van der Waals surface area contributed by atoms with E-state index in [-0.39, 0.29) is 44.7 Å². The zero-order valence-corrected chi connectivity index (χ0v) is 53.6. The first-order chi connectivity index (χ1) is 39.6. The van der Waals surface area contributed by atoms with Gasteiger partial charge in [-0.15, -0.1) is 0 Å². The van der Waals surface area contributed by atoms with Gasteiger partial charge >= 0.3 is 0 Å². The van der Waals surface area contributed by atoms with Gasteiger partial charge in [0.05, 0.1) is 11.1 Å². The van der Waals surface area contributed by atoms with Gasteiger partial charge in [-0.3, -0.25) is 0 Å². The van der Waals surface area contributed by atoms with Crippen LogP contribution in [0.5, 0.6) is 0 Å². The monoisotopic (exact) mass is 1100 g/mol. The predicted molar refractivity (Wildman–Crippen MR) is 361 cm³/mol. The molecule has 84 heavy (non-hydrogen) atoms. The molecular weight excluding hydrogens is 1020 g/mol. The Bertz CT molecular complexity index is 4030. The van der Waals surface area contributed by atoms with E-state index in [4.69, 9.17) is 0 Å². The average molecular weight is 1110 g/mol. The van der Waals surface area contributed by atoms with Crippen LogP contribution in [0.2, 0.25) is 0 Å². The Hall–Kier alpha value is -6.98. The molecule has 2 aliphatic carbocycles. The maximum atomic E-state index is 2.82. The van der Waals surface area contributed by atoms with E-state index in [2.05, 4.69) is 295 Å². The molecule has 14 rings (SSSR count). The van der Waals surface area contributed by atoms with Gasteiger partial charge in [-0.1, -0.05) is 195 Å². The topological polar surface area (TPSA) is 13.0 Å². The molecule has 1 fully saturated rings. The highest BCUT2D eigenvalue weighted by Crippen LogP contribution is 2.66. The predicted octanol–water partition coefficient (Wildman–Crippen LogP) is 19.3. The molecule has 1 saturated carbocycles. The molecule has 0 N–H and O–H groups in total. The Morgan fingerprint density at radius 3 is 1.57 bits per heavy atom. The Balaban J connectivity index is 1.10. The number of rotatable bonds is 4. The molecule has 0 radical (unpaired) electrons. The fourth-order valence-corrected chi connectivity index (χ4v) is 16.9. The second-order valence-corrected chi connectivity index (χ2v) is 31.4. The summed E-state index contributed by atoms with van der Waals surface area (Å²) in [5, 5.41) is 0. The lowest BCUT2D eigenvalue weighted by atomic mass is 9.33. The highest BCUT2D eigenvalue weighted by molar-refractivity contribution is 7.00. The first-order valence-corrected chi connectivity index (χ1v) is 31.8. The van der Waals surface area contributed by atoms with Crippen LogP contribution < -0.4 is 36.0 Å². The average Bonchev–Trinajstić information content (AvgIpc) is 1.41. The molecule has 0 bridgehead atoms. The second kappa shape index (κ2) is 18.0. The minimum absolute atomic E-state index is 0.000870. The smallest absolute Gasteiger partial charge is 0.252 e. The Kier molecular flexibility index (Phi) is 11.8. The van der Waals surface area contributed by atoms with Crippen LogP contribution in [0.25, 0.3) is 0 Å². The number of aryl methyl sites for hydroxylation is 2. The van der Waals surface area contributed by atoms with E-state index in [0.717, 1.165) is 19.3 Å². The summed E-state index contributed by atoms with van der Waals surface area (Å²) in [4.78, 5) is 11.0. The zero-order valence-electron chi connectivity index (χ0n) is 53.6. The normalized spacial score (nSPS) is 23.1. The quantitative estimate of drug-likeness (QED) is 0.163. The number of hydrogen-bond acceptors (Lipinski definition) is 4. The van der Waals surface area contributed by atoms with Gasteiger partial charge in [-0.05, 0) is 207 Å². The van der Waals surface area contributed by atoms with E-state index < -0.39 is 5.54 Å². The third-order valence-electron chi connectivity index (χ3n) is 22.3. The molecule has 6 aliphatic rings. The first-order valence-electron chi connectivity index (χ1n) is 31.8. The number of hydrogen-bond donors (Lipinski definition) is 0. The minimum Gasteiger partial charge on any atom is -0.334 e. The van der Waals surface area contributed by atoms with Gasteiger partial charge in [0.1, 0.15) is 0 Å². The summed E-state index contributed by atoms with van der Waals surface area (Å²) >= 11 is 0. The van der Waals surface area contributed by atoms with Crippen LogP contribution >= 0.6 is 0 Å². The Labute approximate surface area is 504 Å². The van der Waals surface area contributed by atoms with Crippen LogP contribution in [0.4, 0.5) is 56.9 Å². The third kappa shape index (κ3) is 7.70. The van der Waals surface area contributed by atoms with E-state index in [1.54, 1.807) is 0 Å². The molecule has 0 amide bonds. The summed E-state index contributed by atoms with van der Waals surface area (Å²) in [6, 6.07) is 63.8. The van der Waals surface area contributed by atoms with Crippen LogP contribution in [0, 0.1) is 6.92 Å². The third-order valence-corrected chi connectivity index (χ3v) is 22.3. The van der Waals surface area contributed by atoms with Gasteiger partial charge in [0.2, 0.25) is 0 Å². The summed E-state index contributed by atoms with van der Waals surface area (Å²) in [5.41, 5.74) is 28.4. The summed E-state index contributed by atoms with van der Waals surface area (Å²) < 4.78 is 0. The highest BCUT2D eigenvalue weighted by atomic mass is 15.3. The second-order valence-electron chi connectivity index (χ2n) is 31.4. The standard InChI is InChI=1S/C79H89BN4/c1-50-23-22-25-57(43-50)82-68-46-55(75(11,12)13)29-35-63(68)80-64-47-58(83-65-36-30-53(73(5,6)7)44-61(65)76(14)40-20-21-41-78(76,83)16)34-38-67(64)81(56-32-27-52(28-33-56)72(2,3)4)69-48-59(49-70(82)71(69)80)84-66-37-31-54(74(8,9)10)45-62(66)77(15)42-39-51-24-18-19-26-60(51)79(77,84)17/h18-19,22-38,43-49H,20-21,39-42H2,1-17H3. The van der Waals surface area contributed by atoms with Gasteiger partial charge in [0.25, 0.3) is 6.71 Å². The molecule has 4 heterocycles. The van der Waals surface area contributed by atoms with Crippen molar-refractivity contribution >= 4 is 80.0 Å². The Morgan fingerprint density at radius 1 is 0.381 bits per heavy atom. The van der Waals surface area contributed by atoms with Crippen molar-refractivity contribution in [1.82, 2.24) is 0 Å². The maximum absolute atomic E-state index is 2.82. The lowest BCUT2D eigenvalue weighted by molar-refractivity contribution is 0.195. The van der Waals surface area contributed by atoms with Crippen molar-refractivity contribution < 1.29 is 0 Å². The van der Waals surface area contributed by atoms with E-state index in [9.17, 15) is 0 Å². The van der Waals surface area contributed by atoms with Crippen molar-refractivity contribution in [2.75, 3.05) is 19.6 Å². The number of anilines is 10. The molecule has 428 valence electrons. The van der Waals surface area contributed by atoms with Gasteiger partial charge in [0.15, 0.2) is 0 Å². The van der Waals surface area contributed by atoms with Crippen LogP contribution in [-0.2, 0) is 44.4 Å². The van der Waals surface area contributed by atoms with Crippen molar-refractivity contribution in [3.05, 3.63) is 208 Å². The molecule has 8 aromatic carbocycles. The van der Waals surface area contributed by atoms with Gasteiger partial charge in [-0.2, -0.15) is 0 Å². The SMILES string of the molecule is Cc1cccc(N2c3cc(C(C)(C)C)ccc3B3c4cc(N5c6ccc(C(C)(C)C)cc6C6(C)CCCCC56C)ccc4N(c4ccc(C(C)(C)C)cc4)c4cc(N5c6ccc(C(C)(C)C)cc6C6(C)CCc7ccccc7C56C)cc2c43)c1. The molecule has 4 unspecified atom stereocenters. The molecule has 0 saturated heterocycles. The summed E-state index contributed by atoms with van der Waals surface area (Å²) in [7, 11) is 0. The number of benzene rings is 8. The molecule has 0 aromatic heterocycles. The van der Waals surface area contributed by atoms with Crippen molar-refractivity contribution in [2.45, 2.75) is 200 Å². The lowest BCUT2D eigenvalue weighted by Gasteiger charge is -2.52. The maximum Gasteiger partial charge on any atom is 0.252 e. The van der Waals surface area contributed by atoms with E-state index >= 15 is 0 Å². The van der Waals surface area contributed by atoms with Gasteiger partial charge < -0.3 is 19.6 Å². The number of fused-ring (bicyclic) bond motifs is 12. The van der Waals surface area contributed by atoms with Crippen molar-refractivity contribution in [3.63, 3.8) is 0 Å². The van der Waals surface area contributed by atoms with Gasteiger partial charge in [-0.25, -0.2) is 0 Å². The summed E-state index contributed by atoms with van der Waals surface area (Å²) in [6.07, 6.45) is 6.94. The van der Waals surface area contributed by atoms with Crippen LogP contribution in [0.1, 0.15) is 193 Å². The van der Waals surface area contributed by atoms with Gasteiger partial charge in [0, 0.05) is 67.7 Å². The van der Waals surface area contributed by atoms with E-state index in [1.165, 1.54) is 143 Å².